The van der Waals surface area contributed by atoms with Gasteiger partial charge in [0.05, 0.1) is 0 Å². The predicted molar refractivity (Wildman–Crippen MR) is 174 cm³/mol. The molecule has 246 valence electrons. The number of benzene rings is 3. The molecule has 4 unspecified atom stereocenters. The van der Waals surface area contributed by atoms with Crippen LogP contribution in [0.4, 0.5) is 8.78 Å². The van der Waals surface area contributed by atoms with Gasteiger partial charge < -0.3 is 4.74 Å². The highest BCUT2D eigenvalue weighted by Crippen LogP contribution is 2.44. The lowest BCUT2D eigenvalue weighted by Crippen LogP contribution is -2.42. The second-order valence-corrected chi connectivity index (χ2v) is 14.0. The maximum atomic E-state index is 13.9. The van der Waals surface area contributed by atoms with E-state index in [2.05, 4.69) is 34.5 Å². The van der Waals surface area contributed by atoms with Crippen molar-refractivity contribution in [2.45, 2.75) is 89.3 Å². The van der Waals surface area contributed by atoms with Crippen LogP contribution in [0.1, 0.15) is 96.3 Å². The van der Waals surface area contributed by atoms with Crippen molar-refractivity contribution in [3.8, 4) is 5.75 Å². The van der Waals surface area contributed by atoms with E-state index in [0.717, 1.165) is 67.3 Å². The summed E-state index contributed by atoms with van der Waals surface area (Å²) in [6.07, 6.45) is 7.94. The third-order valence-corrected chi connectivity index (χ3v) is 10.8. The minimum Gasteiger partial charge on any atom is -0.489 e. The van der Waals surface area contributed by atoms with Gasteiger partial charge in [-0.15, -0.1) is 0 Å². The fourth-order valence-electron chi connectivity index (χ4n) is 8.01. The largest absolute Gasteiger partial charge is 0.489 e. The average Bonchev–Trinajstić information content (AvgIpc) is 3.90. The molecule has 3 aromatic carbocycles. The molecule has 7 rings (SSSR count). The number of likely N-dealkylation sites (tertiary alicyclic amines) is 1. The first-order valence-corrected chi connectivity index (χ1v) is 17.2. The highest BCUT2D eigenvalue weighted by atomic mass is 19.1. The summed E-state index contributed by atoms with van der Waals surface area (Å²) >= 11 is 0. The van der Waals surface area contributed by atoms with Gasteiger partial charge in [0, 0.05) is 48.0 Å². The molecule has 0 aromatic heterocycles. The summed E-state index contributed by atoms with van der Waals surface area (Å²) in [4.78, 5) is 39.6. The fourth-order valence-corrected chi connectivity index (χ4v) is 8.01. The molecular weight excluding hydrogens is 598 g/mol. The molecule has 3 aromatic rings. The number of imide groups is 1. The quantitative estimate of drug-likeness (QED) is 0.236. The van der Waals surface area contributed by atoms with Crippen LogP contribution in [-0.4, -0.2) is 35.1 Å². The van der Waals surface area contributed by atoms with Crippen molar-refractivity contribution in [2.75, 3.05) is 6.54 Å². The number of carbonyl (C=O) groups is 3. The van der Waals surface area contributed by atoms with Crippen LogP contribution >= 0.6 is 0 Å². The maximum absolute atomic E-state index is 13.9. The number of ketones is 1. The molecule has 1 saturated carbocycles. The van der Waals surface area contributed by atoms with Crippen LogP contribution in [0.2, 0.25) is 0 Å². The molecular formula is C39H42F2N2O4. The first kappa shape index (κ1) is 31.7. The van der Waals surface area contributed by atoms with E-state index in [-0.39, 0.29) is 35.4 Å². The first-order valence-electron chi connectivity index (χ1n) is 17.2. The van der Waals surface area contributed by atoms with Crippen LogP contribution in [0, 0.1) is 29.4 Å². The summed E-state index contributed by atoms with van der Waals surface area (Å²) in [6.45, 7) is 2.17. The number of piperidine rings is 2. The summed E-state index contributed by atoms with van der Waals surface area (Å²) < 4.78 is 34.1. The second-order valence-electron chi connectivity index (χ2n) is 14.0. The molecule has 4 aliphatic rings. The number of amides is 2. The topological polar surface area (TPSA) is 75.7 Å². The van der Waals surface area contributed by atoms with Gasteiger partial charge in [0.1, 0.15) is 24.0 Å². The van der Waals surface area contributed by atoms with E-state index in [4.69, 9.17) is 4.74 Å². The molecule has 1 N–H and O–H groups in total. The van der Waals surface area contributed by atoms with Gasteiger partial charge in [0.2, 0.25) is 11.8 Å². The number of halogens is 2. The van der Waals surface area contributed by atoms with E-state index in [1.807, 2.05) is 18.2 Å². The van der Waals surface area contributed by atoms with Crippen molar-refractivity contribution in [3.63, 3.8) is 0 Å². The van der Waals surface area contributed by atoms with Crippen molar-refractivity contribution in [1.29, 1.82) is 0 Å². The SMILES string of the molecule is O=C1CCC(CCC2CCc3c(OCc4ccc(CN5CCC(c6cc(F)cc(F)c6)CC5C5CC5)cc4)cccc3C2=O)C(=O)N1. The molecule has 0 bridgehead atoms. The minimum atomic E-state index is -0.497. The molecule has 2 amide bonds. The lowest BCUT2D eigenvalue weighted by Gasteiger charge is -2.40. The molecule has 2 saturated heterocycles. The summed E-state index contributed by atoms with van der Waals surface area (Å²) in [7, 11) is 0. The van der Waals surface area contributed by atoms with Gasteiger partial charge in [-0.25, -0.2) is 8.78 Å². The number of fused-ring (bicyclic) bond motifs is 1. The van der Waals surface area contributed by atoms with Crippen molar-refractivity contribution >= 4 is 17.6 Å². The molecule has 3 fully saturated rings. The smallest absolute Gasteiger partial charge is 0.229 e. The van der Waals surface area contributed by atoms with Crippen LogP contribution in [-0.2, 0) is 29.2 Å². The van der Waals surface area contributed by atoms with Crippen LogP contribution in [0.3, 0.4) is 0 Å². The second kappa shape index (κ2) is 13.7. The zero-order valence-corrected chi connectivity index (χ0v) is 26.7. The van der Waals surface area contributed by atoms with Crippen molar-refractivity contribution in [1.82, 2.24) is 10.2 Å². The number of nitrogens with one attached hydrogen (secondary N) is 1. The zero-order valence-electron chi connectivity index (χ0n) is 26.7. The zero-order chi connectivity index (χ0) is 32.5. The van der Waals surface area contributed by atoms with Gasteiger partial charge in [0.15, 0.2) is 5.78 Å². The van der Waals surface area contributed by atoms with Crippen LogP contribution in [0.5, 0.6) is 5.75 Å². The number of hydrogen-bond donors (Lipinski definition) is 1. The van der Waals surface area contributed by atoms with E-state index in [1.54, 1.807) is 0 Å². The monoisotopic (exact) mass is 640 g/mol. The third kappa shape index (κ3) is 7.33. The van der Waals surface area contributed by atoms with E-state index in [9.17, 15) is 23.2 Å². The summed E-state index contributed by atoms with van der Waals surface area (Å²) in [6, 6.07) is 18.6. The molecule has 47 heavy (non-hydrogen) atoms. The molecule has 0 spiro atoms. The standard InChI is InChI=1S/C39H42F2N2O4/c40-31-18-30(19-32(41)21-31)29-16-17-43(35(20-29)26-8-9-26)22-24-4-6-25(7-5-24)23-47-36-3-1-2-34-33(36)14-12-27(38(34)45)10-11-28-13-15-37(44)42-39(28)46/h1-7,18-19,21,26-29,35H,8-17,20,22-23H2,(H,42,44,46). The normalized spacial score (nSPS) is 24.9. The Balaban J connectivity index is 0.933. The Bertz CT molecular complexity index is 1630. The summed E-state index contributed by atoms with van der Waals surface area (Å²) in [5.74, 6) is -0.0312. The van der Waals surface area contributed by atoms with E-state index in [1.165, 1.54) is 30.5 Å². The van der Waals surface area contributed by atoms with Gasteiger partial charge in [-0.3, -0.25) is 24.6 Å². The number of rotatable bonds is 10. The number of hydrogen-bond acceptors (Lipinski definition) is 5. The first-order chi connectivity index (χ1) is 22.8. The van der Waals surface area contributed by atoms with Gasteiger partial charge in [-0.2, -0.15) is 0 Å². The highest BCUT2D eigenvalue weighted by Gasteiger charge is 2.40. The average molecular weight is 641 g/mol. The minimum absolute atomic E-state index is 0.116. The highest BCUT2D eigenvalue weighted by molar-refractivity contribution is 6.01. The Morgan fingerprint density at radius 1 is 0.809 bits per heavy atom. The number of Topliss-reactive ketones (excluding diaryl/α,β-unsaturated/α-hetero) is 1. The molecule has 2 aliphatic heterocycles. The lowest BCUT2D eigenvalue weighted by atomic mass is 9.78. The van der Waals surface area contributed by atoms with Crippen LogP contribution < -0.4 is 10.1 Å². The van der Waals surface area contributed by atoms with Crippen molar-refractivity contribution in [3.05, 3.63) is 100 Å². The Morgan fingerprint density at radius 3 is 2.28 bits per heavy atom. The van der Waals surface area contributed by atoms with Crippen molar-refractivity contribution < 1.29 is 27.9 Å². The fraction of sp³-hybridized carbons (Fsp3) is 0.462. The van der Waals surface area contributed by atoms with Crippen LogP contribution in [0.25, 0.3) is 0 Å². The molecule has 0 radical (unpaired) electrons. The Labute approximate surface area is 274 Å². The Morgan fingerprint density at radius 2 is 1.53 bits per heavy atom. The lowest BCUT2D eigenvalue weighted by molar-refractivity contribution is -0.136. The number of ether oxygens (including phenoxy) is 1. The van der Waals surface area contributed by atoms with Crippen LogP contribution in [0.15, 0.2) is 60.7 Å². The Hall–Kier alpha value is -3.91. The molecule has 6 nitrogen and oxygen atoms in total. The predicted octanol–water partition coefficient (Wildman–Crippen LogP) is 7.28. The Kier molecular flexibility index (Phi) is 9.22. The van der Waals surface area contributed by atoms with Gasteiger partial charge in [-0.1, -0.05) is 36.4 Å². The van der Waals surface area contributed by atoms with Crippen molar-refractivity contribution in [2.24, 2.45) is 17.8 Å². The van der Waals surface area contributed by atoms with Gasteiger partial charge >= 0.3 is 0 Å². The van der Waals surface area contributed by atoms with E-state index < -0.39 is 11.6 Å². The molecule has 8 heteroatoms. The third-order valence-electron chi connectivity index (χ3n) is 10.8. The van der Waals surface area contributed by atoms with E-state index >= 15 is 0 Å². The van der Waals surface area contributed by atoms with Gasteiger partial charge in [0.25, 0.3) is 0 Å². The summed E-state index contributed by atoms with van der Waals surface area (Å²) in [5, 5.41) is 2.42. The number of carbonyl (C=O) groups excluding carboxylic acids is 3. The van der Waals surface area contributed by atoms with E-state index in [0.29, 0.717) is 49.8 Å². The molecule has 4 atom stereocenters. The molecule has 2 heterocycles. The molecule has 2 aliphatic carbocycles. The summed E-state index contributed by atoms with van der Waals surface area (Å²) in [5.41, 5.74) is 4.75. The number of nitrogens with zero attached hydrogens (tertiary/aromatic N) is 1. The van der Waals surface area contributed by atoms with Gasteiger partial charge in [-0.05, 0) is 111 Å². The maximum Gasteiger partial charge on any atom is 0.229 e.